The minimum absolute atomic E-state index is 0.142. The number of hydrogen-bond donors (Lipinski definition) is 2. The van der Waals surface area contributed by atoms with Gasteiger partial charge >= 0.3 is 5.97 Å². The van der Waals surface area contributed by atoms with Gasteiger partial charge in [0.05, 0.1) is 29.0 Å². The predicted molar refractivity (Wildman–Crippen MR) is 103 cm³/mol. The average Bonchev–Trinajstić information content (AvgIpc) is 2.96. The Balaban J connectivity index is 1.82. The Morgan fingerprint density at radius 1 is 1.31 bits per heavy atom. The second kappa shape index (κ2) is 5.04. The highest BCUT2D eigenvalue weighted by Crippen LogP contribution is 2.40. The Morgan fingerprint density at radius 2 is 2.12 bits per heavy atom. The van der Waals surface area contributed by atoms with Crippen LogP contribution in [-0.2, 0) is 26.3 Å². The average molecular weight is 461 g/mol. The molecular weight excluding hydrogens is 449 g/mol. The molecule has 1 atom stereocenters. The molecule has 5 rings (SSSR count). The van der Waals surface area contributed by atoms with Gasteiger partial charge in [0.2, 0.25) is 3.61 Å². The summed E-state index contributed by atoms with van der Waals surface area (Å²) in [4.78, 5) is 29.5. The molecule has 0 saturated carbocycles. The lowest BCUT2D eigenvalue weighted by molar-refractivity contribution is -0.159. The molecule has 0 aliphatic carbocycles. The number of aliphatic hydroxyl groups is 1. The third kappa shape index (κ3) is 1.93. The molecule has 2 aliphatic rings. The summed E-state index contributed by atoms with van der Waals surface area (Å²) < 4.78 is 4.68. The van der Waals surface area contributed by atoms with Crippen molar-refractivity contribution in [3.05, 3.63) is 57.4 Å². The summed E-state index contributed by atoms with van der Waals surface area (Å²) in [5, 5.41) is 11.4. The lowest BCUT2D eigenvalue weighted by atomic mass is 10.0. The number of halogens is 1. The van der Waals surface area contributed by atoms with Crippen molar-refractivity contribution in [1.29, 1.82) is 0 Å². The van der Waals surface area contributed by atoms with Gasteiger partial charge in [0, 0.05) is 22.2 Å². The van der Waals surface area contributed by atoms with Gasteiger partial charge in [-0.05, 0) is 46.9 Å². The Labute approximate surface area is 160 Å². The molecular formula is C18H12IN3O4. The van der Waals surface area contributed by atoms with Crippen LogP contribution in [0.4, 0.5) is 5.69 Å². The summed E-state index contributed by atoms with van der Waals surface area (Å²) in [7, 11) is 0. The summed E-state index contributed by atoms with van der Waals surface area (Å²) in [6.07, 6.45) is 0. The van der Waals surface area contributed by atoms with Crippen LogP contribution in [0.15, 0.2) is 35.1 Å². The molecule has 0 radical (unpaired) electrons. The molecule has 3 aromatic rings. The number of benzene rings is 1. The number of esters is 1. The number of anilines is 1. The third-order valence-electron chi connectivity index (χ3n) is 4.92. The monoisotopic (exact) mass is 461 g/mol. The number of pyridine rings is 2. The molecule has 2 aliphatic heterocycles. The molecule has 0 amide bonds. The predicted octanol–water partition coefficient (Wildman–Crippen LogP) is 1.64. The molecule has 0 spiro atoms. The van der Waals surface area contributed by atoms with Gasteiger partial charge in [-0.2, -0.15) is 0 Å². The molecule has 0 fully saturated rings. The molecule has 3 N–H and O–H groups in total. The Hall–Kier alpha value is -2.46. The first-order valence-electron chi connectivity index (χ1n) is 7.92. The minimum Gasteiger partial charge on any atom is -0.458 e. The van der Waals surface area contributed by atoms with Crippen LogP contribution in [0.5, 0.6) is 0 Å². The molecule has 0 bridgehead atoms. The number of ether oxygens (including phenoxy) is 1. The van der Waals surface area contributed by atoms with Crippen molar-refractivity contribution in [2.75, 3.05) is 5.73 Å². The summed E-state index contributed by atoms with van der Waals surface area (Å²) in [5.41, 5.74) is 9.79. The second-order valence-corrected chi connectivity index (χ2v) is 7.98. The topological polar surface area (TPSA) is 107 Å². The van der Waals surface area contributed by atoms with E-state index in [0.29, 0.717) is 29.2 Å². The van der Waals surface area contributed by atoms with Crippen LogP contribution in [0.25, 0.3) is 22.3 Å². The molecule has 0 saturated heterocycles. The molecule has 1 aromatic carbocycles. The van der Waals surface area contributed by atoms with Gasteiger partial charge in [-0.1, -0.05) is 6.07 Å². The molecule has 1 unspecified atom stereocenters. The summed E-state index contributed by atoms with van der Waals surface area (Å²) >= 11 is 1.60. The van der Waals surface area contributed by atoms with E-state index < -0.39 is 9.58 Å². The van der Waals surface area contributed by atoms with Gasteiger partial charge in [0.1, 0.15) is 6.61 Å². The lowest BCUT2D eigenvalue weighted by Crippen LogP contribution is -2.40. The van der Waals surface area contributed by atoms with Gasteiger partial charge in [-0.15, -0.1) is 0 Å². The first-order chi connectivity index (χ1) is 12.4. The van der Waals surface area contributed by atoms with Crippen molar-refractivity contribution in [3.63, 3.8) is 0 Å². The number of carbonyl (C=O) groups is 1. The Morgan fingerprint density at radius 3 is 2.92 bits per heavy atom. The zero-order valence-electron chi connectivity index (χ0n) is 13.3. The quantitative estimate of drug-likeness (QED) is 0.179. The fourth-order valence-electron chi connectivity index (χ4n) is 3.59. The van der Waals surface area contributed by atoms with Crippen LogP contribution >= 0.6 is 22.6 Å². The SMILES string of the molecule is Nc1cccc2nc3c(cc12)Cn1c-3cc2c(c1=O)COC(=O)C2(O)I. The lowest BCUT2D eigenvalue weighted by Gasteiger charge is -2.27. The van der Waals surface area contributed by atoms with E-state index in [4.69, 9.17) is 10.5 Å². The summed E-state index contributed by atoms with van der Waals surface area (Å²) in [5.74, 6) is -0.771. The normalized spacial score (nSPS) is 20.5. The highest BCUT2D eigenvalue weighted by Gasteiger charge is 2.44. The van der Waals surface area contributed by atoms with E-state index in [1.165, 1.54) is 0 Å². The van der Waals surface area contributed by atoms with E-state index in [1.54, 1.807) is 33.2 Å². The van der Waals surface area contributed by atoms with Gasteiger partial charge in [0.15, 0.2) is 0 Å². The van der Waals surface area contributed by atoms with E-state index in [-0.39, 0.29) is 17.7 Å². The number of aromatic nitrogens is 2. The molecule has 7 nitrogen and oxygen atoms in total. The van der Waals surface area contributed by atoms with Gasteiger partial charge in [-0.3, -0.25) is 4.79 Å². The maximum Gasteiger partial charge on any atom is 0.353 e. The van der Waals surface area contributed by atoms with Crippen molar-refractivity contribution in [1.82, 2.24) is 9.55 Å². The fraction of sp³-hybridized carbons (Fsp3) is 0.167. The van der Waals surface area contributed by atoms with Crippen LogP contribution in [0.1, 0.15) is 16.7 Å². The van der Waals surface area contributed by atoms with E-state index in [0.717, 1.165) is 16.5 Å². The van der Waals surface area contributed by atoms with E-state index in [2.05, 4.69) is 4.98 Å². The molecule has 26 heavy (non-hydrogen) atoms. The number of nitrogens with two attached hydrogens (primary N) is 1. The van der Waals surface area contributed by atoms with Crippen LogP contribution in [0.2, 0.25) is 0 Å². The van der Waals surface area contributed by atoms with Gasteiger partial charge < -0.3 is 20.1 Å². The van der Waals surface area contributed by atoms with Crippen molar-refractivity contribution >= 4 is 45.2 Å². The van der Waals surface area contributed by atoms with Crippen LogP contribution in [0, 0.1) is 0 Å². The van der Waals surface area contributed by atoms with Crippen molar-refractivity contribution < 1.29 is 14.6 Å². The maximum absolute atomic E-state index is 12.9. The fourth-order valence-corrected chi connectivity index (χ4v) is 4.23. The number of hydrogen-bond acceptors (Lipinski definition) is 6. The third-order valence-corrected chi connectivity index (χ3v) is 5.94. The van der Waals surface area contributed by atoms with Crippen molar-refractivity contribution in [3.8, 4) is 11.4 Å². The maximum atomic E-state index is 12.9. The minimum atomic E-state index is -1.88. The second-order valence-electron chi connectivity index (χ2n) is 6.42. The highest BCUT2D eigenvalue weighted by molar-refractivity contribution is 14.1. The number of cyclic esters (lactones) is 1. The number of carbonyl (C=O) groups excluding carboxylic acids is 1. The zero-order valence-corrected chi connectivity index (χ0v) is 15.5. The molecule has 2 aromatic heterocycles. The standard InChI is InChI=1S/C18H12IN3O4/c19-18(25)11-5-14-15-8(4-9-12(20)2-1-3-13(9)21-15)6-22(14)16(23)10(11)7-26-17(18)24/h1-5,25H,6-7,20H2. The first kappa shape index (κ1) is 15.8. The molecule has 130 valence electrons. The van der Waals surface area contributed by atoms with E-state index in [1.807, 2.05) is 24.3 Å². The number of nitrogens with zero attached hydrogens (tertiary/aromatic N) is 2. The van der Waals surface area contributed by atoms with Crippen LogP contribution < -0.4 is 11.3 Å². The largest absolute Gasteiger partial charge is 0.458 e. The zero-order chi connectivity index (χ0) is 18.2. The van der Waals surface area contributed by atoms with Crippen LogP contribution in [0.3, 0.4) is 0 Å². The summed E-state index contributed by atoms with van der Waals surface area (Å²) in [6, 6.07) is 9.10. The van der Waals surface area contributed by atoms with E-state index in [9.17, 15) is 14.7 Å². The number of fused-ring (bicyclic) bond motifs is 5. The van der Waals surface area contributed by atoms with Gasteiger partial charge in [0.25, 0.3) is 5.56 Å². The number of nitrogen functional groups attached to an aromatic ring is 1. The Kier molecular flexibility index (Phi) is 3.06. The molecule has 8 heteroatoms. The van der Waals surface area contributed by atoms with Crippen LogP contribution in [-0.4, -0.2) is 20.6 Å². The number of alkyl halides is 1. The smallest absolute Gasteiger partial charge is 0.353 e. The summed E-state index contributed by atoms with van der Waals surface area (Å²) in [6.45, 7) is 0.221. The highest BCUT2D eigenvalue weighted by atomic mass is 127. The number of rotatable bonds is 0. The van der Waals surface area contributed by atoms with Gasteiger partial charge in [-0.25, -0.2) is 9.78 Å². The van der Waals surface area contributed by atoms with Crippen molar-refractivity contribution in [2.24, 2.45) is 0 Å². The first-order valence-corrected chi connectivity index (χ1v) is 9.00. The van der Waals surface area contributed by atoms with Crippen molar-refractivity contribution in [2.45, 2.75) is 16.8 Å². The Bertz CT molecular complexity index is 1200. The van der Waals surface area contributed by atoms with E-state index >= 15 is 0 Å². The molecule has 4 heterocycles.